The normalized spacial score (nSPS) is 9.64. The van der Waals surface area contributed by atoms with Gasteiger partial charge in [0.05, 0.1) is 0 Å². The Morgan fingerprint density at radius 3 is 2.73 bits per heavy atom. The lowest BCUT2D eigenvalue weighted by atomic mass is 10.3. The zero-order valence-electron chi connectivity index (χ0n) is 5.23. The highest BCUT2D eigenvalue weighted by Crippen LogP contribution is 2.07. The van der Waals surface area contributed by atoms with Crippen LogP contribution >= 0.6 is 27.5 Å². The van der Waals surface area contributed by atoms with Crippen molar-refractivity contribution >= 4 is 32.8 Å². The number of H-pyrrole nitrogens is 1. The number of carbonyl (C=O) groups is 1. The molecule has 0 amide bonds. The summed E-state index contributed by atoms with van der Waals surface area (Å²) in [5.74, 6) is 0. The molecule has 1 heterocycles. The Kier molecular flexibility index (Phi) is 2.46. The second-order valence-electron chi connectivity index (χ2n) is 1.83. The molecule has 3 nitrogen and oxygen atoms in total. The van der Waals surface area contributed by atoms with E-state index in [4.69, 9.17) is 11.6 Å². The van der Waals surface area contributed by atoms with Gasteiger partial charge in [0.2, 0.25) is 0 Å². The zero-order valence-corrected chi connectivity index (χ0v) is 7.57. The second-order valence-corrected chi connectivity index (χ2v) is 3.09. The number of hydrogen-bond donors (Lipinski definition) is 1. The average Bonchev–Trinajstić information content (AvgIpc) is 1.94. The summed E-state index contributed by atoms with van der Waals surface area (Å²) in [5.41, 5.74) is -0.533. The zero-order chi connectivity index (χ0) is 8.43. The highest BCUT2D eigenvalue weighted by Gasteiger charge is 2.06. The number of carbonyl (C=O) groups excluding carboxylic acids is 1. The lowest BCUT2D eigenvalue weighted by Gasteiger charge is -1.91. The quantitative estimate of drug-likeness (QED) is 0.752. The van der Waals surface area contributed by atoms with Gasteiger partial charge in [0.1, 0.15) is 5.56 Å². The van der Waals surface area contributed by atoms with Gasteiger partial charge in [0, 0.05) is 10.7 Å². The van der Waals surface area contributed by atoms with Crippen molar-refractivity contribution in [2.24, 2.45) is 0 Å². The molecular weight excluding hydrogens is 233 g/mol. The number of halogens is 2. The van der Waals surface area contributed by atoms with Crippen molar-refractivity contribution < 1.29 is 4.79 Å². The maximum atomic E-state index is 10.8. The molecule has 1 N–H and O–H groups in total. The monoisotopic (exact) mass is 235 g/mol. The predicted molar refractivity (Wildman–Crippen MR) is 44.9 cm³/mol. The number of pyridine rings is 1. The summed E-state index contributed by atoms with van der Waals surface area (Å²) >= 11 is 8.18. The van der Waals surface area contributed by atoms with Crippen LogP contribution in [0.2, 0.25) is 0 Å². The van der Waals surface area contributed by atoms with Crippen molar-refractivity contribution in [2.75, 3.05) is 0 Å². The number of rotatable bonds is 1. The van der Waals surface area contributed by atoms with Crippen molar-refractivity contribution in [3.05, 3.63) is 32.7 Å². The van der Waals surface area contributed by atoms with E-state index in [0.29, 0.717) is 4.47 Å². The Morgan fingerprint density at radius 2 is 2.27 bits per heavy atom. The van der Waals surface area contributed by atoms with E-state index in [1.807, 2.05) is 0 Å². The predicted octanol–water partition coefficient (Wildman–Crippen LogP) is 1.52. The molecule has 0 saturated heterocycles. The van der Waals surface area contributed by atoms with Crippen molar-refractivity contribution in [1.29, 1.82) is 0 Å². The van der Waals surface area contributed by atoms with E-state index in [9.17, 15) is 9.59 Å². The number of nitrogens with one attached hydrogen (secondary N) is 1. The van der Waals surface area contributed by atoms with Crippen molar-refractivity contribution in [3.63, 3.8) is 0 Å². The molecule has 0 bridgehead atoms. The highest BCUT2D eigenvalue weighted by molar-refractivity contribution is 9.10. The van der Waals surface area contributed by atoms with Crippen LogP contribution in [0.5, 0.6) is 0 Å². The fraction of sp³-hybridized carbons (Fsp3) is 0. The number of aromatic amines is 1. The summed E-state index contributed by atoms with van der Waals surface area (Å²) in [7, 11) is 0. The standard InChI is InChI=1S/C6H3BrClNO2/c7-3-1-4(5(8)10)6(11)9-2-3/h1-2H,(H,9,11). The third kappa shape index (κ3) is 1.91. The van der Waals surface area contributed by atoms with Gasteiger partial charge in [-0.3, -0.25) is 9.59 Å². The third-order valence-electron chi connectivity index (χ3n) is 1.08. The van der Waals surface area contributed by atoms with Gasteiger partial charge in [-0.2, -0.15) is 0 Å². The van der Waals surface area contributed by atoms with E-state index < -0.39 is 10.8 Å². The van der Waals surface area contributed by atoms with Crippen LogP contribution in [0.25, 0.3) is 0 Å². The lowest BCUT2D eigenvalue weighted by Crippen LogP contribution is -2.13. The average molecular weight is 236 g/mol. The minimum Gasteiger partial charge on any atom is -0.327 e. The molecule has 0 radical (unpaired) electrons. The highest BCUT2D eigenvalue weighted by atomic mass is 79.9. The largest absolute Gasteiger partial charge is 0.327 e. The second kappa shape index (κ2) is 3.19. The summed E-state index contributed by atoms with van der Waals surface area (Å²) in [6, 6.07) is 1.37. The minimum atomic E-state index is -0.757. The first kappa shape index (κ1) is 8.49. The van der Waals surface area contributed by atoms with Crippen LogP contribution in [0.4, 0.5) is 0 Å². The maximum absolute atomic E-state index is 10.8. The number of aromatic nitrogens is 1. The summed E-state index contributed by atoms with van der Waals surface area (Å²) in [6.45, 7) is 0. The first-order valence-corrected chi connectivity index (χ1v) is 3.86. The summed E-state index contributed by atoms with van der Waals surface area (Å²) in [6.07, 6.45) is 1.44. The molecular formula is C6H3BrClNO2. The fourth-order valence-electron chi connectivity index (χ4n) is 0.603. The first-order valence-electron chi connectivity index (χ1n) is 2.69. The Labute approximate surface area is 75.5 Å². The van der Waals surface area contributed by atoms with Crippen LogP contribution in [-0.2, 0) is 0 Å². The molecule has 5 heteroatoms. The van der Waals surface area contributed by atoms with Gasteiger partial charge >= 0.3 is 0 Å². The molecule has 0 spiro atoms. The van der Waals surface area contributed by atoms with Crippen molar-refractivity contribution in [2.45, 2.75) is 0 Å². The summed E-state index contributed by atoms with van der Waals surface area (Å²) in [4.78, 5) is 23.7. The van der Waals surface area contributed by atoms with Crippen molar-refractivity contribution in [3.8, 4) is 0 Å². The Morgan fingerprint density at radius 1 is 1.64 bits per heavy atom. The van der Waals surface area contributed by atoms with E-state index in [1.54, 1.807) is 0 Å². The minimum absolute atomic E-state index is 0.0546. The van der Waals surface area contributed by atoms with Gasteiger partial charge in [-0.05, 0) is 33.6 Å². The topological polar surface area (TPSA) is 49.9 Å². The van der Waals surface area contributed by atoms with E-state index in [1.165, 1.54) is 12.3 Å². The van der Waals surface area contributed by atoms with Gasteiger partial charge in [0.25, 0.3) is 10.8 Å². The van der Waals surface area contributed by atoms with E-state index in [2.05, 4.69) is 20.9 Å². The van der Waals surface area contributed by atoms with E-state index in [0.717, 1.165) is 0 Å². The molecule has 1 aromatic rings. The van der Waals surface area contributed by atoms with Gasteiger partial charge in [0.15, 0.2) is 0 Å². The smallest absolute Gasteiger partial charge is 0.260 e. The third-order valence-corrected chi connectivity index (χ3v) is 1.74. The maximum Gasteiger partial charge on any atom is 0.260 e. The lowest BCUT2D eigenvalue weighted by molar-refractivity contribution is 0.108. The summed E-state index contributed by atoms with van der Waals surface area (Å²) < 4.78 is 0.612. The van der Waals surface area contributed by atoms with Crippen LogP contribution < -0.4 is 5.56 Å². The first-order chi connectivity index (χ1) is 5.11. The molecule has 0 saturated carbocycles. The van der Waals surface area contributed by atoms with Gasteiger partial charge in [-0.1, -0.05) is 0 Å². The number of hydrogen-bond acceptors (Lipinski definition) is 2. The molecule has 0 unspecified atom stereocenters. The van der Waals surface area contributed by atoms with Gasteiger partial charge in [-0.25, -0.2) is 0 Å². The molecule has 0 aliphatic heterocycles. The Bertz CT molecular complexity index is 347. The van der Waals surface area contributed by atoms with Crippen LogP contribution in [0.3, 0.4) is 0 Å². The van der Waals surface area contributed by atoms with Crippen molar-refractivity contribution in [1.82, 2.24) is 4.98 Å². The van der Waals surface area contributed by atoms with Crippen LogP contribution in [0.1, 0.15) is 10.4 Å². The van der Waals surface area contributed by atoms with E-state index >= 15 is 0 Å². The molecule has 1 aromatic heterocycles. The van der Waals surface area contributed by atoms with Crippen LogP contribution in [0.15, 0.2) is 21.5 Å². The molecule has 0 fully saturated rings. The molecule has 0 aromatic carbocycles. The molecule has 0 atom stereocenters. The molecule has 0 aliphatic rings. The molecule has 11 heavy (non-hydrogen) atoms. The fourth-order valence-corrected chi connectivity index (χ4v) is 1.09. The van der Waals surface area contributed by atoms with Crippen LogP contribution in [0, 0.1) is 0 Å². The molecule has 1 rings (SSSR count). The molecule has 58 valence electrons. The molecule has 0 aliphatic carbocycles. The van der Waals surface area contributed by atoms with Crippen LogP contribution in [-0.4, -0.2) is 10.2 Å². The Balaban J connectivity index is 3.35. The van der Waals surface area contributed by atoms with Gasteiger partial charge in [-0.15, -0.1) is 0 Å². The van der Waals surface area contributed by atoms with E-state index in [-0.39, 0.29) is 5.56 Å². The van der Waals surface area contributed by atoms with Gasteiger partial charge < -0.3 is 4.98 Å². The summed E-state index contributed by atoms with van der Waals surface area (Å²) in [5, 5.41) is -0.757. The SMILES string of the molecule is O=C(Cl)c1cc(Br)c[nH]c1=O. The Hall–Kier alpha value is -0.610.